The number of nitrogens with two attached hydrogens (primary N) is 1. The highest BCUT2D eigenvalue weighted by Crippen LogP contribution is 2.36. The van der Waals surface area contributed by atoms with Crippen LogP contribution in [0.5, 0.6) is 0 Å². The first kappa shape index (κ1) is 19.1. The molecule has 0 unspecified atom stereocenters. The number of sulfonamides is 1. The summed E-state index contributed by atoms with van der Waals surface area (Å²) in [6.45, 7) is -0.887. The number of anilines is 1. The van der Waals surface area contributed by atoms with Gasteiger partial charge in [-0.2, -0.15) is 8.78 Å². The minimum Gasteiger partial charge on any atom is -0.373 e. The van der Waals surface area contributed by atoms with Gasteiger partial charge in [0.15, 0.2) is 0 Å². The monoisotopic (exact) mass is 389 g/mol. The summed E-state index contributed by atoms with van der Waals surface area (Å²) in [5.74, 6) is 0. The SMILES string of the molecule is NS(=O)(=O)c1ccc(NCC(F)(F)Sc2ccccc2)c([N+](=O)[O-])c1. The van der Waals surface area contributed by atoms with Crippen LogP contribution in [-0.2, 0) is 10.0 Å². The molecule has 0 aliphatic carbocycles. The molecule has 0 aliphatic rings. The van der Waals surface area contributed by atoms with Gasteiger partial charge >= 0.3 is 5.25 Å². The average Bonchev–Trinajstić information content (AvgIpc) is 2.52. The standard InChI is InChI=1S/C14H13F2N3O4S2/c15-14(16,24-10-4-2-1-3-5-10)9-18-12-7-6-11(25(17,22)23)8-13(12)19(20)21/h1-8,18H,9H2,(H2,17,22,23). The van der Waals surface area contributed by atoms with Gasteiger partial charge in [0.25, 0.3) is 5.69 Å². The van der Waals surface area contributed by atoms with Crippen molar-refractivity contribution in [3.8, 4) is 0 Å². The molecule has 3 N–H and O–H groups in total. The molecule has 2 rings (SSSR count). The van der Waals surface area contributed by atoms with Gasteiger partial charge in [0.1, 0.15) is 5.69 Å². The van der Waals surface area contributed by atoms with Crippen LogP contribution in [0.2, 0.25) is 0 Å². The van der Waals surface area contributed by atoms with E-state index in [2.05, 4.69) is 5.32 Å². The molecule has 0 radical (unpaired) electrons. The normalized spacial score (nSPS) is 12.0. The fraction of sp³-hybridized carbons (Fsp3) is 0.143. The van der Waals surface area contributed by atoms with E-state index in [1.807, 2.05) is 0 Å². The van der Waals surface area contributed by atoms with Crippen molar-refractivity contribution in [3.63, 3.8) is 0 Å². The zero-order valence-electron chi connectivity index (χ0n) is 12.6. The largest absolute Gasteiger partial charge is 0.373 e. The van der Waals surface area contributed by atoms with Crippen LogP contribution in [0.15, 0.2) is 58.3 Å². The van der Waals surface area contributed by atoms with Gasteiger partial charge in [-0.15, -0.1) is 0 Å². The Morgan fingerprint density at radius 1 is 1.20 bits per heavy atom. The number of primary sulfonamides is 1. The second kappa shape index (κ2) is 7.33. The summed E-state index contributed by atoms with van der Waals surface area (Å²) in [6.07, 6.45) is 0. The van der Waals surface area contributed by atoms with Crippen LogP contribution in [0.3, 0.4) is 0 Å². The molecule has 0 amide bonds. The number of hydrogen-bond donors (Lipinski definition) is 2. The number of hydrogen-bond acceptors (Lipinski definition) is 6. The second-order valence-corrected chi connectivity index (χ2v) is 7.72. The molecule has 0 aromatic heterocycles. The number of nitrogens with zero attached hydrogens (tertiary/aromatic N) is 1. The number of thioether (sulfide) groups is 1. The van der Waals surface area contributed by atoms with E-state index in [0.717, 1.165) is 18.2 Å². The molecule has 0 atom stereocenters. The molecule has 2 aromatic rings. The van der Waals surface area contributed by atoms with Crippen molar-refractivity contribution in [2.24, 2.45) is 5.14 Å². The summed E-state index contributed by atoms with van der Waals surface area (Å²) in [5.41, 5.74) is -0.891. The van der Waals surface area contributed by atoms with Crippen LogP contribution >= 0.6 is 11.8 Å². The van der Waals surface area contributed by atoms with Crippen molar-refractivity contribution in [1.82, 2.24) is 0 Å². The van der Waals surface area contributed by atoms with E-state index in [1.54, 1.807) is 18.2 Å². The number of benzene rings is 2. The molecule has 11 heteroatoms. The summed E-state index contributed by atoms with van der Waals surface area (Å²) >= 11 is 0.305. The molecule has 7 nitrogen and oxygen atoms in total. The second-order valence-electron chi connectivity index (χ2n) is 4.89. The fourth-order valence-corrected chi connectivity index (χ4v) is 3.20. The third-order valence-electron chi connectivity index (χ3n) is 2.99. The van der Waals surface area contributed by atoms with Gasteiger partial charge in [0.2, 0.25) is 10.0 Å². The van der Waals surface area contributed by atoms with Crippen molar-refractivity contribution in [2.75, 3.05) is 11.9 Å². The number of rotatable bonds is 7. The van der Waals surface area contributed by atoms with Crippen LogP contribution in [0.1, 0.15) is 0 Å². The summed E-state index contributed by atoms with van der Waals surface area (Å²) in [6, 6.07) is 10.7. The minimum absolute atomic E-state index is 0.231. The molecule has 0 saturated heterocycles. The Morgan fingerprint density at radius 2 is 1.84 bits per heavy atom. The molecular weight excluding hydrogens is 376 g/mol. The summed E-state index contributed by atoms with van der Waals surface area (Å²) in [4.78, 5) is 10.0. The highest BCUT2D eigenvalue weighted by Gasteiger charge is 2.31. The van der Waals surface area contributed by atoms with Gasteiger partial charge in [-0.25, -0.2) is 13.6 Å². The first-order chi connectivity index (χ1) is 11.6. The van der Waals surface area contributed by atoms with E-state index in [1.165, 1.54) is 12.1 Å². The fourth-order valence-electron chi connectivity index (χ4n) is 1.88. The van der Waals surface area contributed by atoms with Crippen LogP contribution in [0.4, 0.5) is 20.2 Å². The highest BCUT2D eigenvalue weighted by molar-refractivity contribution is 8.00. The zero-order chi connectivity index (χ0) is 18.7. The first-order valence-corrected chi connectivity index (χ1v) is 9.12. The van der Waals surface area contributed by atoms with E-state index in [9.17, 15) is 27.3 Å². The van der Waals surface area contributed by atoms with Crippen molar-refractivity contribution in [2.45, 2.75) is 15.0 Å². The Kier molecular flexibility index (Phi) is 5.60. The van der Waals surface area contributed by atoms with Crippen molar-refractivity contribution >= 4 is 33.2 Å². The number of halogens is 2. The topological polar surface area (TPSA) is 115 Å². The van der Waals surface area contributed by atoms with E-state index < -0.39 is 37.3 Å². The van der Waals surface area contributed by atoms with E-state index in [-0.39, 0.29) is 5.69 Å². The van der Waals surface area contributed by atoms with Crippen LogP contribution < -0.4 is 10.5 Å². The Balaban J connectivity index is 2.18. The first-order valence-electron chi connectivity index (χ1n) is 6.75. The molecular formula is C14H13F2N3O4S2. The lowest BCUT2D eigenvalue weighted by molar-refractivity contribution is -0.384. The van der Waals surface area contributed by atoms with Crippen molar-refractivity contribution < 1.29 is 22.1 Å². The molecule has 0 bridgehead atoms. The lowest BCUT2D eigenvalue weighted by Crippen LogP contribution is -2.23. The number of nitro benzene ring substituents is 1. The van der Waals surface area contributed by atoms with Gasteiger partial charge in [0.05, 0.1) is 16.4 Å². The predicted molar refractivity (Wildman–Crippen MR) is 90.2 cm³/mol. The maximum atomic E-state index is 14.0. The molecule has 0 spiro atoms. The van der Waals surface area contributed by atoms with Gasteiger partial charge in [0, 0.05) is 11.0 Å². The number of nitro groups is 1. The number of alkyl halides is 2. The third kappa shape index (κ3) is 5.37. The van der Waals surface area contributed by atoms with E-state index in [0.29, 0.717) is 16.7 Å². The van der Waals surface area contributed by atoms with Crippen molar-refractivity contribution in [3.05, 3.63) is 58.6 Å². The molecule has 0 fully saturated rings. The quantitative estimate of drug-likeness (QED) is 0.427. The summed E-state index contributed by atoms with van der Waals surface area (Å²) < 4.78 is 50.5. The van der Waals surface area contributed by atoms with Gasteiger partial charge in [-0.3, -0.25) is 10.1 Å². The molecule has 0 aliphatic heterocycles. The lowest BCUT2D eigenvalue weighted by Gasteiger charge is -2.17. The lowest BCUT2D eigenvalue weighted by atomic mass is 10.2. The molecule has 0 heterocycles. The van der Waals surface area contributed by atoms with Crippen LogP contribution in [0, 0.1) is 10.1 Å². The smallest absolute Gasteiger partial charge is 0.315 e. The van der Waals surface area contributed by atoms with Crippen LogP contribution in [0.25, 0.3) is 0 Å². The Hall–Kier alpha value is -2.24. The zero-order valence-corrected chi connectivity index (χ0v) is 14.2. The predicted octanol–water partition coefficient (Wildman–Crippen LogP) is 3.04. The van der Waals surface area contributed by atoms with Gasteiger partial charge < -0.3 is 5.32 Å². The molecule has 134 valence electrons. The minimum atomic E-state index is -4.14. The van der Waals surface area contributed by atoms with E-state index in [4.69, 9.17) is 5.14 Å². The molecule has 0 saturated carbocycles. The summed E-state index contributed by atoms with van der Waals surface area (Å²) in [7, 11) is -4.14. The maximum Gasteiger partial charge on any atom is 0.315 e. The maximum absolute atomic E-state index is 14.0. The Labute approximate surface area is 146 Å². The van der Waals surface area contributed by atoms with E-state index >= 15 is 0 Å². The van der Waals surface area contributed by atoms with Gasteiger partial charge in [-0.1, -0.05) is 30.0 Å². The Bertz CT molecular complexity index is 877. The Morgan fingerprint density at radius 3 is 2.40 bits per heavy atom. The van der Waals surface area contributed by atoms with Gasteiger partial charge in [-0.05, 0) is 24.3 Å². The van der Waals surface area contributed by atoms with Crippen LogP contribution in [-0.4, -0.2) is 25.1 Å². The number of nitrogens with one attached hydrogen (secondary N) is 1. The molecule has 2 aromatic carbocycles. The average molecular weight is 389 g/mol. The third-order valence-corrected chi connectivity index (χ3v) is 4.85. The molecule has 25 heavy (non-hydrogen) atoms. The van der Waals surface area contributed by atoms with Crippen molar-refractivity contribution in [1.29, 1.82) is 0 Å². The highest BCUT2D eigenvalue weighted by atomic mass is 32.2. The summed E-state index contributed by atoms with van der Waals surface area (Å²) in [5, 5.41) is 15.0.